The monoisotopic (exact) mass is 1040 g/mol. The fraction of sp³-hybridized carbons (Fsp3) is 0.211. The number of fused-ring (bicyclic) bond motifs is 7. The summed E-state index contributed by atoms with van der Waals surface area (Å²) in [5, 5.41) is 0. The van der Waals surface area contributed by atoms with Gasteiger partial charge in [-0.2, -0.15) is 0 Å². The van der Waals surface area contributed by atoms with Crippen LogP contribution in [-0.2, 0) is 16.2 Å². The predicted molar refractivity (Wildman–Crippen MR) is 345 cm³/mol. The first kappa shape index (κ1) is 51.1. The van der Waals surface area contributed by atoms with E-state index in [9.17, 15) is 0 Å². The minimum Gasteiger partial charge on any atom is -0.311 e. The van der Waals surface area contributed by atoms with Crippen molar-refractivity contribution in [2.45, 2.75) is 106 Å². The molecule has 0 radical (unpaired) electrons. The van der Waals surface area contributed by atoms with Gasteiger partial charge in [-0.1, -0.05) is 177 Å². The summed E-state index contributed by atoms with van der Waals surface area (Å²) >= 11 is 0. The standard InChI is InChI=1S/C76H72BN3/c1-47-38-69-73-70(39-47)80(57-33-35-62-61-26-20-21-27-63(61)76(12,13)64(62)45-57)67-37-30-55(75(9,10)11)44-66(67)77(73)65-36-34-58(46-68(65)79(69)56-31-28-54(29-32-56)74(6,7)8)78(59-40-48(2)71(49(3)41-59)52-22-16-14-17-23-52)60-42-50(4)72(51(5)43-60)53-24-18-15-19-25-53/h14-46H,1-13H3. The molecule has 0 unspecified atom stereocenters. The van der Waals surface area contributed by atoms with Crippen molar-refractivity contribution in [2.75, 3.05) is 14.7 Å². The van der Waals surface area contributed by atoms with Gasteiger partial charge in [0.05, 0.1) is 0 Å². The Balaban J connectivity index is 1.07. The summed E-state index contributed by atoms with van der Waals surface area (Å²) in [4.78, 5) is 7.71. The average Bonchev–Trinajstić information content (AvgIpc) is 3.58. The van der Waals surface area contributed by atoms with Gasteiger partial charge in [0.2, 0.25) is 0 Å². The van der Waals surface area contributed by atoms with Gasteiger partial charge in [0.25, 0.3) is 6.71 Å². The molecule has 10 aromatic rings. The molecule has 1 aliphatic carbocycles. The Hall–Kier alpha value is -8.34. The molecule has 2 heterocycles. The van der Waals surface area contributed by atoms with Gasteiger partial charge < -0.3 is 14.7 Å². The van der Waals surface area contributed by atoms with Crippen molar-refractivity contribution in [2.24, 2.45) is 0 Å². The third-order valence-corrected chi connectivity index (χ3v) is 17.8. The third-order valence-electron chi connectivity index (χ3n) is 17.8. The fourth-order valence-electron chi connectivity index (χ4n) is 13.9. The van der Waals surface area contributed by atoms with Gasteiger partial charge in [0.15, 0.2) is 0 Å². The second-order valence-electron chi connectivity index (χ2n) is 25.8. The molecular formula is C76H72BN3. The highest BCUT2D eigenvalue weighted by molar-refractivity contribution is 7.00. The molecule has 3 nitrogen and oxygen atoms in total. The smallest absolute Gasteiger partial charge is 0.252 e. The van der Waals surface area contributed by atoms with Crippen LogP contribution in [0, 0.1) is 34.6 Å². The molecule has 0 saturated heterocycles. The normalized spacial score (nSPS) is 13.8. The first-order chi connectivity index (χ1) is 38.3. The van der Waals surface area contributed by atoms with E-state index in [4.69, 9.17) is 0 Å². The number of benzene rings is 10. The molecule has 0 aromatic heterocycles. The van der Waals surface area contributed by atoms with Crippen LogP contribution in [0.2, 0.25) is 0 Å². The molecule has 0 spiro atoms. The van der Waals surface area contributed by atoms with Crippen LogP contribution in [0.4, 0.5) is 51.2 Å². The van der Waals surface area contributed by atoms with Crippen molar-refractivity contribution >= 4 is 74.3 Å². The molecule has 80 heavy (non-hydrogen) atoms. The number of nitrogens with zero attached hydrogens (tertiary/aromatic N) is 3. The molecule has 394 valence electrons. The van der Waals surface area contributed by atoms with Crippen molar-refractivity contribution in [3.63, 3.8) is 0 Å². The maximum absolute atomic E-state index is 2.60. The van der Waals surface area contributed by atoms with Crippen LogP contribution < -0.4 is 31.1 Å². The Morgan fingerprint density at radius 1 is 0.388 bits per heavy atom. The van der Waals surface area contributed by atoms with Crippen molar-refractivity contribution in [1.29, 1.82) is 0 Å². The van der Waals surface area contributed by atoms with E-state index in [0.717, 1.165) is 22.7 Å². The van der Waals surface area contributed by atoms with Gasteiger partial charge in [-0.3, -0.25) is 0 Å². The molecule has 10 aromatic carbocycles. The van der Waals surface area contributed by atoms with Crippen molar-refractivity contribution < 1.29 is 0 Å². The molecule has 3 aliphatic rings. The summed E-state index contributed by atoms with van der Waals surface area (Å²) in [7, 11) is 0. The van der Waals surface area contributed by atoms with Gasteiger partial charge in [-0.15, -0.1) is 0 Å². The summed E-state index contributed by atoms with van der Waals surface area (Å²) in [5.74, 6) is 0. The maximum Gasteiger partial charge on any atom is 0.252 e. The lowest BCUT2D eigenvalue weighted by atomic mass is 9.33. The lowest BCUT2D eigenvalue weighted by molar-refractivity contribution is 0.590. The van der Waals surface area contributed by atoms with Gasteiger partial charge >= 0.3 is 0 Å². The van der Waals surface area contributed by atoms with E-state index in [0.29, 0.717) is 0 Å². The molecule has 0 atom stereocenters. The maximum atomic E-state index is 2.60. The SMILES string of the molecule is Cc1cc2c3c(c1)N(c1ccc(C(C)(C)C)cc1)c1cc(N(c4cc(C)c(-c5ccccc5)c(C)c4)c4cc(C)c(-c5ccccc5)c(C)c4)ccc1B3c1cc(C(C)(C)C)ccc1N2c1ccc2c(c1)C(C)(C)c1ccccc1-2. The van der Waals surface area contributed by atoms with E-state index in [1.54, 1.807) is 0 Å². The molecular weight excluding hydrogens is 966 g/mol. The zero-order valence-corrected chi connectivity index (χ0v) is 49.0. The Kier molecular flexibility index (Phi) is 11.9. The van der Waals surface area contributed by atoms with E-state index in [-0.39, 0.29) is 23.0 Å². The van der Waals surface area contributed by atoms with Gasteiger partial charge in [0.1, 0.15) is 0 Å². The Labute approximate surface area is 476 Å². The quantitative estimate of drug-likeness (QED) is 0.147. The van der Waals surface area contributed by atoms with Crippen LogP contribution in [0.3, 0.4) is 0 Å². The Bertz CT molecular complexity index is 3980. The molecule has 13 rings (SSSR count). The van der Waals surface area contributed by atoms with Crippen LogP contribution in [0.25, 0.3) is 33.4 Å². The molecule has 0 saturated carbocycles. The number of hydrogen-bond donors (Lipinski definition) is 0. The number of aryl methyl sites for hydroxylation is 5. The van der Waals surface area contributed by atoms with Gasteiger partial charge in [-0.25, -0.2) is 0 Å². The van der Waals surface area contributed by atoms with Crippen LogP contribution in [0.5, 0.6) is 0 Å². The highest BCUT2D eigenvalue weighted by Crippen LogP contribution is 2.53. The first-order valence-electron chi connectivity index (χ1n) is 28.8. The number of rotatable bonds is 7. The second kappa shape index (κ2) is 18.6. The highest BCUT2D eigenvalue weighted by Gasteiger charge is 2.45. The minimum atomic E-state index is -0.144. The van der Waals surface area contributed by atoms with Crippen LogP contribution in [-0.4, -0.2) is 6.71 Å². The summed E-state index contributed by atoms with van der Waals surface area (Å²) in [5.41, 5.74) is 33.6. The van der Waals surface area contributed by atoms with Crippen LogP contribution in [0.1, 0.15) is 105 Å². The lowest BCUT2D eigenvalue weighted by Crippen LogP contribution is -2.61. The highest BCUT2D eigenvalue weighted by atomic mass is 15.2. The number of hydrogen-bond acceptors (Lipinski definition) is 3. The van der Waals surface area contributed by atoms with Gasteiger partial charge in [-0.05, 0) is 224 Å². The zero-order chi connectivity index (χ0) is 55.7. The summed E-state index contributed by atoms with van der Waals surface area (Å²) < 4.78 is 0. The van der Waals surface area contributed by atoms with Crippen molar-refractivity contribution in [3.05, 3.63) is 250 Å². The van der Waals surface area contributed by atoms with E-state index in [2.05, 4.69) is 305 Å². The van der Waals surface area contributed by atoms with E-state index in [1.165, 1.54) is 128 Å². The molecule has 0 amide bonds. The minimum absolute atomic E-state index is 0.000979. The summed E-state index contributed by atoms with van der Waals surface area (Å²) in [6, 6.07) is 76.6. The molecule has 2 aliphatic heterocycles. The Morgan fingerprint density at radius 2 is 0.887 bits per heavy atom. The van der Waals surface area contributed by atoms with Gasteiger partial charge in [0, 0.05) is 56.6 Å². The Morgan fingerprint density at radius 3 is 1.45 bits per heavy atom. The summed E-state index contributed by atoms with van der Waals surface area (Å²) in [6.45, 7) is 30.1. The van der Waals surface area contributed by atoms with E-state index < -0.39 is 0 Å². The van der Waals surface area contributed by atoms with Crippen LogP contribution >= 0.6 is 0 Å². The number of anilines is 9. The van der Waals surface area contributed by atoms with Crippen LogP contribution in [0.15, 0.2) is 200 Å². The molecule has 0 fully saturated rings. The summed E-state index contributed by atoms with van der Waals surface area (Å²) in [6.07, 6.45) is 0. The van der Waals surface area contributed by atoms with E-state index >= 15 is 0 Å². The lowest BCUT2D eigenvalue weighted by Gasteiger charge is -2.45. The van der Waals surface area contributed by atoms with Crippen molar-refractivity contribution in [1.82, 2.24) is 0 Å². The largest absolute Gasteiger partial charge is 0.311 e. The topological polar surface area (TPSA) is 9.72 Å². The molecule has 0 N–H and O–H groups in total. The first-order valence-corrected chi connectivity index (χ1v) is 28.8. The zero-order valence-electron chi connectivity index (χ0n) is 49.0. The predicted octanol–water partition coefficient (Wildman–Crippen LogP) is 19.0. The second-order valence-corrected chi connectivity index (χ2v) is 25.8. The molecule has 4 heteroatoms. The van der Waals surface area contributed by atoms with Crippen molar-refractivity contribution in [3.8, 4) is 33.4 Å². The van der Waals surface area contributed by atoms with E-state index in [1.807, 2.05) is 0 Å². The average molecular weight is 1040 g/mol. The third kappa shape index (κ3) is 8.24. The fourth-order valence-corrected chi connectivity index (χ4v) is 13.9. The molecule has 0 bridgehead atoms.